The van der Waals surface area contributed by atoms with Crippen molar-refractivity contribution in [3.05, 3.63) is 0 Å². The monoisotopic (exact) mass is 298 g/mol. The van der Waals surface area contributed by atoms with Gasteiger partial charge in [0.2, 0.25) is 0 Å². The SMILES string of the molecule is COC1(C)CCCN(C(=O)N2CCC(C)(C(=O)O)CC2)C1. The van der Waals surface area contributed by atoms with E-state index in [0.29, 0.717) is 32.5 Å². The summed E-state index contributed by atoms with van der Waals surface area (Å²) in [6.45, 7) is 6.19. The van der Waals surface area contributed by atoms with E-state index in [2.05, 4.69) is 0 Å². The molecule has 6 nitrogen and oxygen atoms in total. The molecular formula is C15H26N2O4. The Morgan fingerprint density at radius 3 is 2.19 bits per heavy atom. The number of carbonyl (C=O) groups is 2. The van der Waals surface area contributed by atoms with E-state index >= 15 is 0 Å². The van der Waals surface area contributed by atoms with Gasteiger partial charge in [-0.25, -0.2) is 4.79 Å². The zero-order chi connectivity index (χ0) is 15.7. The first-order chi connectivity index (χ1) is 9.80. The summed E-state index contributed by atoms with van der Waals surface area (Å²) in [7, 11) is 1.69. The maximum absolute atomic E-state index is 12.6. The maximum Gasteiger partial charge on any atom is 0.320 e. The maximum atomic E-state index is 12.6. The predicted molar refractivity (Wildman–Crippen MR) is 78.2 cm³/mol. The molecule has 2 rings (SSSR count). The third-order valence-electron chi connectivity index (χ3n) is 5.08. The third kappa shape index (κ3) is 3.31. The van der Waals surface area contributed by atoms with Crippen LogP contribution in [0.5, 0.6) is 0 Å². The molecule has 0 aromatic rings. The molecule has 1 atom stereocenters. The summed E-state index contributed by atoms with van der Waals surface area (Å²) in [5, 5.41) is 9.24. The molecule has 0 aliphatic carbocycles. The van der Waals surface area contributed by atoms with Gasteiger partial charge in [0.05, 0.1) is 17.6 Å². The standard InChI is InChI=1S/C15H26N2O4/c1-14(12(18)19)6-9-16(10-7-14)13(20)17-8-4-5-15(2,11-17)21-3/h4-11H2,1-3H3,(H,18,19). The first-order valence-electron chi connectivity index (χ1n) is 7.62. The van der Waals surface area contributed by atoms with E-state index in [1.165, 1.54) is 0 Å². The Hall–Kier alpha value is -1.30. The van der Waals surface area contributed by atoms with Crippen LogP contribution in [0.3, 0.4) is 0 Å². The average Bonchev–Trinajstić information content (AvgIpc) is 2.47. The molecule has 2 fully saturated rings. The summed E-state index contributed by atoms with van der Waals surface area (Å²) in [4.78, 5) is 27.5. The van der Waals surface area contributed by atoms with Crippen LogP contribution in [0.15, 0.2) is 0 Å². The van der Waals surface area contributed by atoms with E-state index < -0.39 is 11.4 Å². The van der Waals surface area contributed by atoms with E-state index in [0.717, 1.165) is 19.4 Å². The van der Waals surface area contributed by atoms with Crippen molar-refractivity contribution in [3.63, 3.8) is 0 Å². The van der Waals surface area contributed by atoms with Crippen molar-refractivity contribution in [2.24, 2.45) is 5.41 Å². The fourth-order valence-corrected chi connectivity index (χ4v) is 3.14. The number of hydrogen-bond acceptors (Lipinski definition) is 3. The quantitative estimate of drug-likeness (QED) is 0.844. The van der Waals surface area contributed by atoms with Crippen LogP contribution < -0.4 is 0 Å². The van der Waals surface area contributed by atoms with Crippen LogP contribution >= 0.6 is 0 Å². The molecule has 2 amide bonds. The van der Waals surface area contributed by atoms with Gasteiger partial charge >= 0.3 is 12.0 Å². The highest BCUT2D eigenvalue weighted by Gasteiger charge is 2.40. The van der Waals surface area contributed by atoms with Crippen LogP contribution in [-0.4, -0.2) is 65.8 Å². The van der Waals surface area contributed by atoms with Crippen LogP contribution in [0.25, 0.3) is 0 Å². The molecule has 120 valence electrons. The molecule has 1 N–H and O–H groups in total. The van der Waals surface area contributed by atoms with E-state index in [1.54, 1.807) is 18.9 Å². The number of aliphatic carboxylic acids is 1. The summed E-state index contributed by atoms with van der Waals surface area (Å²) in [6, 6.07) is 0.0189. The van der Waals surface area contributed by atoms with E-state index in [-0.39, 0.29) is 11.6 Å². The number of carboxylic acid groups (broad SMARTS) is 1. The van der Waals surface area contributed by atoms with Gasteiger partial charge in [-0.05, 0) is 39.5 Å². The number of carboxylic acids is 1. The number of carbonyl (C=O) groups excluding carboxylic acids is 1. The zero-order valence-corrected chi connectivity index (χ0v) is 13.2. The molecule has 2 aliphatic rings. The number of ether oxygens (including phenoxy) is 1. The Labute approximate surface area is 126 Å². The molecule has 0 spiro atoms. The lowest BCUT2D eigenvalue weighted by Crippen LogP contribution is -2.55. The molecule has 2 heterocycles. The Balaban J connectivity index is 1.94. The van der Waals surface area contributed by atoms with E-state index in [4.69, 9.17) is 4.74 Å². The van der Waals surface area contributed by atoms with Gasteiger partial charge in [0, 0.05) is 26.7 Å². The Bertz CT molecular complexity index is 418. The first-order valence-corrected chi connectivity index (χ1v) is 7.62. The van der Waals surface area contributed by atoms with Gasteiger partial charge in [0.25, 0.3) is 0 Å². The van der Waals surface area contributed by atoms with Crippen molar-refractivity contribution in [1.82, 2.24) is 9.80 Å². The smallest absolute Gasteiger partial charge is 0.320 e. The normalized spacial score (nSPS) is 29.3. The third-order valence-corrected chi connectivity index (χ3v) is 5.08. The van der Waals surface area contributed by atoms with Crippen molar-refractivity contribution < 1.29 is 19.4 Å². The number of amides is 2. The van der Waals surface area contributed by atoms with E-state index in [9.17, 15) is 14.7 Å². The van der Waals surface area contributed by atoms with Crippen molar-refractivity contribution in [3.8, 4) is 0 Å². The Morgan fingerprint density at radius 2 is 1.67 bits per heavy atom. The number of piperidine rings is 2. The van der Waals surface area contributed by atoms with Gasteiger partial charge < -0.3 is 19.6 Å². The number of nitrogens with zero attached hydrogens (tertiary/aromatic N) is 2. The van der Waals surface area contributed by atoms with Gasteiger partial charge in [0.15, 0.2) is 0 Å². The molecule has 0 aromatic heterocycles. The second kappa shape index (κ2) is 5.83. The molecule has 6 heteroatoms. The molecule has 2 aliphatic heterocycles. The highest BCUT2D eigenvalue weighted by atomic mass is 16.5. The second-order valence-corrected chi connectivity index (χ2v) is 6.81. The minimum absolute atomic E-state index is 0.0189. The summed E-state index contributed by atoms with van der Waals surface area (Å²) >= 11 is 0. The Morgan fingerprint density at radius 1 is 1.05 bits per heavy atom. The van der Waals surface area contributed by atoms with Gasteiger partial charge in [-0.3, -0.25) is 4.79 Å². The predicted octanol–water partition coefficient (Wildman–Crippen LogP) is 1.79. The minimum atomic E-state index is -0.764. The minimum Gasteiger partial charge on any atom is -0.481 e. The molecule has 0 radical (unpaired) electrons. The topological polar surface area (TPSA) is 70.1 Å². The first kappa shape index (κ1) is 16.1. The zero-order valence-electron chi connectivity index (χ0n) is 13.2. The molecule has 21 heavy (non-hydrogen) atoms. The van der Waals surface area contributed by atoms with E-state index in [1.807, 2.05) is 11.8 Å². The van der Waals surface area contributed by atoms with Gasteiger partial charge in [0.1, 0.15) is 0 Å². The van der Waals surface area contributed by atoms with Crippen LogP contribution in [-0.2, 0) is 9.53 Å². The van der Waals surface area contributed by atoms with Crippen molar-refractivity contribution >= 4 is 12.0 Å². The summed E-state index contributed by atoms with van der Waals surface area (Å²) in [6.07, 6.45) is 2.94. The lowest BCUT2D eigenvalue weighted by molar-refractivity contribution is -0.150. The number of urea groups is 1. The fourth-order valence-electron chi connectivity index (χ4n) is 3.14. The van der Waals surface area contributed by atoms with Gasteiger partial charge in [-0.15, -0.1) is 0 Å². The average molecular weight is 298 g/mol. The Kier molecular flexibility index (Phi) is 4.46. The number of methoxy groups -OCH3 is 1. The lowest BCUT2D eigenvalue weighted by Gasteiger charge is -2.43. The summed E-state index contributed by atoms with van der Waals surface area (Å²) in [5.74, 6) is -0.764. The highest BCUT2D eigenvalue weighted by molar-refractivity contribution is 5.77. The second-order valence-electron chi connectivity index (χ2n) is 6.81. The van der Waals surface area contributed by atoms with Crippen molar-refractivity contribution in [1.29, 1.82) is 0 Å². The largest absolute Gasteiger partial charge is 0.481 e. The number of hydrogen-bond donors (Lipinski definition) is 1. The van der Waals surface area contributed by atoms with Gasteiger partial charge in [-0.2, -0.15) is 0 Å². The molecule has 2 saturated heterocycles. The molecular weight excluding hydrogens is 272 g/mol. The summed E-state index contributed by atoms with van der Waals surface area (Å²) in [5.41, 5.74) is -0.959. The van der Waals surface area contributed by atoms with Gasteiger partial charge in [-0.1, -0.05) is 0 Å². The molecule has 0 bridgehead atoms. The fraction of sp³-hybridized carbons (Fsp3) is 0.867. The van der Waals surface area contributed by atoms with Crippen molar-refractivity contribution in [2.75, 3.05) is 33.3 Å². The van der Waals surface area contributed by atoms with Crippen LogP contribution in [0.1, 0.15) is 39.5 Å². The van der Waals surface area contributed by atoms with Crippen LogP contribution in [0.4, 0.5) is 4.79 Å². The molecule has 1 unspecified atom stereocenters. The highest BCUT2D eigenvalue weighted by Crippen LogP contribution is 2.32. The number of rotatable bonds is 2. The molecule has 0 saturated carbocycles. The van der Waals surface area contributed by atoms with Crippen LogP contribution in [0, 0.1) is 5.41 Å². The lowest BCUT2D eigenvalue weighted by atomic mass is 9.80. The summed E-state index contributed by atoms with van der Waals surface area (Å²) < 4.78 is 5.52. The van der Waals surface area contributed by atoms with Crippen molar-refractivity contribution in [2.45, 2.75) is 45.1 Å². The number of likely N-dealkylation sites (tertiary alicyclic amines) is 2. The molecule has 0 aromatic carbocycles. The van der Waals surface area contributed by atoms with Crippen LogP contribution in [0.2, 0.25) is 0 Å².